The standard InChI is InChI=1S/C18H14ClFN2O4/c19-14-9-11(10-15-17(14)26-8-7-25-15)1-6-16(23)21-22-18(24)12-2-4-13(20)5-3-12/h1-6,9-10H,7-8H2,(H,21,23)(H,22,24)/b6-1+. The van der Waals surface area contributed by atoms with Gasteiger partial charge in [0, 0.05) is 11.6 Å². The molecule has 6 nitrogen and oxygen atoms in total. The van der Waals surface area contributed by atoms with Crippen molar-refractivity contribution in [3.8, 4) is 11.5 Å². The maximum atomic E-state index is 12.8. The minimum absolute atomic E-state index is 0.217. The number of rotatable bonds is 3. The predicted octanol–water partition coefficient (Wildman–Crippen LogP) is 2.72. The van der Waals surface area contributed by atoms with Gasteiger partial charge in [-0.3, -0.25) is 20.4 Å². The molecule has 8 heteroatoms. The van der Waals surface area contributed by atoms with Gasteiger partial charge < -0.3 is 9.47 Å². The molecule has 0 atom stereocenters. The monoisotopic (exact) mass is 376 g/mol. The lowest BCUT2D eigenvalue weighted by Gasteiger charge is -2.19. The zero-order valence-electron chi connectivity index (χ0n) is 13.4. The third-order valence-electron chi connectivity index (χ3n) is 3.45. The lowest BCUT2D eigenvalue weighted by atomic mass is 10.1. The van der Waals surface area contributed by atoms with Gasteiger partial charge in [-0.2, -0.15) is 0 Å². The summed E-state index contributed by atoms with van der Waals surface area (Å²) in [4.78, 5) is 23.6. The Labute approximate surface area is 153 Å². The zero-order valence-corrected chi connectivity index (χ0v) is 14.2. The van der Waals surface area contributed by atoms with Crippen LogP contribution >= 0.6 is 11.6 Å². The highest BCUT2D eigenvalue weighted by Crippen LogP contribution is 2.38. The Morgan fingerprint density at radius 3 is 2.58 bits per heavy atom. The lowest BCUT2D eigenvalue weighted by molar-refractivity contribution is -0.117. The molecule has 26 heavy (non-hydrogen) atoms. The van der Waals surface area contributed by atoms with Crippen LogP contribution in [0.1, 0.15) is 15.9 Å². The van der Waals surface area contributed by atoms with Gasteiger partial charge in [0.15, 0.2) is 11.5 Å². The molecule has 0 aromatic heterocycles. The number of fused-ring (bicyclic) bond motifs is 1. The Balaban J connectivity index is 1.58. The van der Waals surface area contributed by atoms with Gasteiger partial charge in [-0.05, 0) is 48.0 Å². The average Bonchev–Trinajstić information content (AvgIpc) is 2.65. The first-order valence-electron chi connectivity index (χ1n) is 7.66. The summed E-state index contributed by atoms with van der Waals surface area (Å²) < 4.78 is 23.7. The SMILES string of the molecule is O=C(/C=C/c1cc(Cl)c2c(c1)OCCO2)NNC(=O)c1ccc(F)cc1. The highest BCUT2D eigenvalue weighted by molar-refractivity contribution is 6.32. The number of carbonyl (C=O) groups is 2. The third kappa shape index (κ3) is 4.31. The van der Waals surface area contributed by atoms with Crippen LogP contribution in [0.15, 0.2) is 42.5 Å². The van der Waals surface area contributed by atoms with Crippen molar-refractivity contribution < 1.29 is 23.5 Å². The largest absolute Gasteiger partial charge is 0.486 e. The summed E-state index contributed by atoms with van der Waals surface area (Å²) in [5.41, 5.74) is 5.32. The molecular formula is C18H14ClFN2O4. The number of ether oxygens (including phenoxy) is 2. The molecule has 0 saturated carbocycles. The molecule has 2 aromatic rings. The minimum Gasteiger partial charge on any atom is -0.486 e. The highest BCUT2D eigenvalue weighted by Gasteiger charge is 2.16. The second kappa shape index (κ2) is 7.88. The Hall–Kier alpha value is -3.06. The molecule has 0 aliphatic carbocycles. The first kappa shape index (κ1) is 17.8. The first-order chi connectivity index (χ1) is 12.5. The molecule has 0 bridgehead atoms. The molecule has 134 valence electrons. The highest BCUT2D eigenvalue weighted by atomic mass is 35.5. The fourth-order valence-corrected chi connectivity index (χ4v) is 2.51. The van der Waals surface area contributed by atoms with Gasteiger partial charge in [0.25, 0.3) is 11.8 Å². The van der Waals surface area contributed by atoms with Crippen molar-refractivity contribution in [2.75, 3.05) is 13.2 Å². The van der Waals surface area contributed by atoms with Crippen molar-refractivity contribution in [2.24, 2.45) is 0 Å². The van der Waals surface area contributed by atoms with Gasteiger partial charge in [0.1, 0.15) is 19.0 Å². The molecule has 1 heterocycles. The molecule has 2 amide bonds. The number of amides is 2. The average molecular weight is 377 g/mol. The molecule has 2 aromatic carbocycles. The van der Waals surface area contributed by atoms with E-state index in [1.54, 1.807) is 12.1 Å². The van der Waals surface area contributed by atoms with Gasteiger partial charge in [-0.1, -0.05) is 11.6 Å². The van der Waals surface area contributed by atoms with E-state index in [0.29, 0.717) is 35.3 Å². The molecule has 1 aliphatic heterocycles. The van der Waals surface area contributed by atoms with E-state index < -0.39 is 17.6 Å². The molecule has 3 rings (SSSR count). The summed E-state index contributed by atoms with van der Waals surface area (Å²) in [6, 6.07) is 8.26. The zero-order chi connectivity index (χ0) is 18.5. The van der Waals surface area contributed by atoms with Crippen molar-refractivity contribution in [3.05, 3.63) is 64.4 Å². The van der Waals surface area contributed by atoms with Gasteiger partial charge in [0.2, 0.25) is 0 Å². The van der Waals surface area contributed by atoms with Crippen molar-refractivity contribution in [1.29, 1.82) is 0 Å². The Bertz CT molecular complexity index is 868. The number of benzene rings is 2. The fraction of sp³-hybridized carbons (Fsp3) is 0.111. The van der Waals surface area contributed by atoms with E-state index in [0.717, 1.165) is 12.1 Å². The summed E-state index contributed by atoms with van der Waals surface area (Å²) in [7, 11) is 0. The van der Waals surface area contributed by atoms with Crippen molar-refractivity contribution in [3.63, 3.8) is 0 Å². The van der Waals surface area contributed by atoms with Gasteiger partial charge >= 0.3 is 0 Å². The Morgan fingerprint density at radius 2 is 1.81 bits per heavy atom. The number of hydrazine groups is 1. The van der Waals surface area contributed by atoms with Crippen molar-refractivity contribution in [1.82, 2.24) is 10.9 Å². The minimum atomic E-state index is -0.561. The van der Waals surface area contributed by atoms with Gasteiger partial charge in [-0.15, -0.1) is 0 Å². The predicted molar refractivity (Wildman–Crippen MR) is 93.5 cm³/mol. The van der Waals surface area contributed by atoms with Crippen LogP contribution in [0.3, 0.4) is 0 Å². The second-order valence-electron chi connectivity index (χ2n) is 5.31. The van der Waals surface area contributed by atoms with Crippen LogP contribution in [0.5, 0.6) is 11.5 Å². The molecule has 2 N–H and O–H groups in total. The van der Waals surface area contributed by atoms with E-state index in [1.165, 1.54) is 24.3 Å². The number of hydrogen-bond acceptors (Lipinski definition) is 4. The molecule has 0 unspecified atom stereocenters. The van der Waals surface area contributed by atoms with E-state index in [9.17, 15) is 14.0 Å². The summed E-state index contributed by atoms with van der Waals surface area (Å²) >= 11 is 6.12. The van der Waals surface area contributed by atoms with Crippen LogP contribution in [-0.4, -0.2) is 25.0 Å². The number of nitrogens with one attached hydrogen (secondary N) is 2. The van der Waals surface area contributed by atoms with Crippen molar-refractivity contribution in [2.45, 2.75) is 0 Å². The normalized spacial score (nSPS) is 12.7. The van der Waals surface area contributed by atoms with E-state index in [2.05, 4.69) is 10.9 Å². The van der Waals surface area contributed by atoms with E-state index >= 15 is 0 Å². The van der Waals surface area contributed by atoms with Crippen LogP contribution in [0.2, 0.25) is 5.02 Å². The summed E-state index contributed by atoms with van der Waals surface area (Å²) in [5.74, 6) is -0.577. The Morgan fingerprint density at radius 1 is 1.08 bits per heavy atom. The quantitative estimate of drug-likeness (QED) is 0.638. The maximum Gasteiger partial charge on any atom is 0.269 e. The number of halogens is 2. The molecular weight excluding hydrogens is 363 g/mol. The maximum absolute atomic E-state index is 12.8. The van der Waals surface area contributed by atoms with Gasteiger partial charge in [0.05, 0.1) is 5.02 Å². The Kier molecular flexibility index (Phi) is 5.38. The summed E-state index contributed by atoms with van der Waals surface area (Å²) in [5, 5.41) is 0.381. The third-order valence-corrected chi connectivity index (χ3v) is 3.73. The molecule has 0 saturated heterocycles. The smallest absolute Gasteiger partial charge is 0.269 e. The molecule has 0 spiro atoms. The molecule has 1 aliphatic rings. The van der Waals surface area contributed by atoms with Crippen LogP contribution < -0.4 is 20.3 Å². The van der Waals surface area contributed by atoms with E-state index in [-0.39, 0.29) is 5.56 Å². The first-order valence-corrected chi connectivity index (χ1v) is 8.04. The molecule has 0 radical (unpaired) electrons. The van der Waals surface area contributed by atoms with Crippen LogP contribution in [0, 0.1) is 5.82 Å². The summed E-state index contributed by atoms with van der Waals surface area (Å²) in [6.45, 7) is 0.852. The topological polar surface area (TPSA) is 76.7 Å². The fourth-order valence-electron chi connectivity index (χ4n) is 2.23. The lowest BCUT2D eigenvalue weighted by Crippen LogP contribution is -2.40. The van der Waals surface area contributed by atoms with E-state index in [1.807, 2.05) is 0 Å². The summed E-state index contributed by atoms with van der Waals surface area (Å²) in [6.07, 6.45) is 2.75. The second-order valence-corrected chi connectivity index (χ2v) is 5.72. The van der Waals surface area contributed by atoms with Gasteiger partial charge in [-0.25, -0.2) is 4.39 Å². The van der Waals surface area contributed by atoms with Crippen LogP contribution in [0.4, 0.5) is 4.39 Å². The van der Waals surface area contributed by atoms with Crippen LogP contribution in [-0.2, 0) is 4.79 Å². The van der Waals surface area contributed by atoms with Crippen molar-refractivity contribution >= 4 is 29.5 Å². The van der Waals surface area contributed by atoms with Crippen LogP contribution in [0.25, 0.3) is 6.08 Å². The number of hydrogen-bond donors (Lipinski definition) is 2. The van der Waals surface area contributed by atoms with E-state index in [4.69, 9.17) is 21.1 Å². The molecule has 0 fully saturated rings. The number of carbonyl (C=O) groups excluding carboxylic acids is 2.